The Labute approximate surface area is 136 Å². The van der Waals surface area contributed by atoms with Crippen LogP contribution in [-0.4, -0.2) is 16.0 Å². The summed E-state index contributed by atoms with van der Waals surface area (Å²) >= 11 is 1.53. The van der Waals surface area contributed by atoms with Gasteiger partial charge in [-0.15, -0.1) is 11.3 Å². The largest absolute Gasteiger partial charge is 0.344 e. The van der Waals surface area contributed by atoms with Crippen molar-refractivity contribution in [2.45, 2.75) is 19.4 Å². The van der Waals surface area contributed by atoms with E-state index < -0.39 is 6.04 Å². The molecule has 23 heavy (non-hydrogen) atoms. The Morgan fingerprint density at radius 3 is 2.83 bits per heavy atom. The van der Waals surface area contributed by atoms with Crippen LogP contribution in [0.1, 0.15) is 23.7 Å². The molecule has 2 heterocycles. The minimum atomic E-state index is -0.399. The van der Waals surface area contributed by atoms with Crippen LogP contribution in [0, 0.1) is 5.82 Å². The number of carbonyl (C=O) groups is 1. The summed E-state index contributed by atoms with van der Waals surface area (Å²) in [5, 5.41) is 8.61. The fraction of sp³-hybridized carbons (Fsp3) is 0.188. The number of carbonyl (C=O) groups excluding carboxylic acids is 1. The standard InChI is InChI=1S/C16H14FN3O2S/c1-10(18-14(21)9-13-3-2-8-23-13)16-19-15(20-22-16)11-4-6-12(17)7-5-11/h2-8,10H,9H2,1H3,(H,18,21). The Kier molecular flexibility index (Phi) is 4.47. The third kappa shape index (κ3) is 3.81. The van der Waals surface area contributed by atoms with Gasteiger partial charge in [-0.25, -0.2) is 4.39 Å². The van der Waals surface area contributed by atoms with Crippen molar-refractivity contribution in [2.24, 2.45) is 0 Å². The average molecular weight is 331 g/mol. The van der Waals surface area contributed by atoms with E-state index in [1.165, 1.54) is 23.5 Å². The molecule has 1 atom stereocenters. The number of nitrogens with one attached hydrogen (secondary N) is 1. The first kappa shape index (κ1) is 15.4. The second kappa shape index (κ2) is 6.70. The van der Waals surface area contributed by atoms with E-state index in [0.29, 0.717) is 23.7 Å². The highest BCUT2D eigenvalue weighted by molar-refractivity contribution is 7.10. The first-order chi connectivity index (χ1) is 11.1. The number of hydrogen-bond acceptors (Lipinski definition) is 5. The summed E-state index contributed by atoms with van der Waals surface area (Å²) in [5.74, 6) is 0.233. The zero-order valence-corrected chi connectivity index (χ0v) is 13.1. The van der Waals surface area contributed by atoms with Crippen molar-refractivity contribution in [2.75, 3.05) is 0 Å². The Morgan fingerprint density at radius 1 is 1.35 bits per heavy atom. The summed E-state index contributed by atoms with van der Waals surface area (Å²) in [6, 6.07) is 9.23. The predicted octanol–water partition coefficient (Wildman–Crippen LogP) is 3.36. The maximum atomic E-state index is 12.9. The summed E-state index contributed by atoms with van der Waals surface area (Å²) in [7, 11) is 0. The molecule has 1 amide bonds. The van der Waals surface area contributed by atoms with Crippen LogP contribution >= 0.6 is 11.3 Å². The zero-order chi connectivity index (χ0) is 16.2. The lowest BCUT2D eigenvalue weighted by atomic mass is 10.2. The number of nitrogens with zero attached hydrogens (tertiary/aromatic N) is 2. The first-order valence-electron chi connectivity index (χ1n) is 7.03. The van der Waals surface area contributed by atoms with Crippen molar-refractivity contribution in [3.8, 4) is 11.4 Å². The molecule has 1 aromatic carbocycles. The van der Waals surface area contributed by atoms with Crippen LogP contribution in [0.5, 0.6) is 0 Å². The maximum absolute atomic E-state index is 12.9. The van der Waals surface area contributed by atoms with Crippen molar-refractivity contribution in [3.63, 3.8) is 0 Å². The third-order valence-electron chi connectivity index (χ3n) is 3.21. The average Bonchev–Trinajstić information content (AvgIpc) is 3.19. The van der Waals surface area contributed by atoms with Crippen molar-refractivity contribution in [1.82, 2.24) is 15.5 Å². The molecule has 0 radical (unpaired) electrons. The Hall–Kier alpha value is -2.54. The van der Waals surface area contributed by atoms with Crippen LogP contribution in [0.2, 0.25) is 0 Å². The van der Waals surface area contributed by atoms with E-state index in [1.807, 2.05) is 17.5 Å². The lowest BCUT2D eigenvalue weighted by Gasteiger charge is -2.08. The molecular formula is C16H14FN3O2S. The lowest BCUT2D eigenvalue weighted by molar-refractivity contribution is -0.121. The van der Waals surface area contributed by atoms with Crippen LogP contribution in [-0.2, 0) is 11.2 Å². The Bertz CT molecular complexity index is 784. The van der Waals surface area contributed by atoms with Gasteiger partial charge in [-0.1, -0.05) is 11.2 Å². The van der Waals surface area contributed by atoms with E-state index in [2.05, 4.69) is 15.5 Å². The summed E-state index contributed by atoms with van der Waals surface area (Å²) in [6.07, 6.45) is 0.320. The van der Waals surface area contributed by atoms with Gasteiger partial charge in [0.1, 0.15) is 11.9 Å². The van der Waals surface area contributed by atoms with E-state index >= 15 is 0 Å². The second-order valence-corrected chi connectivity index (χ2v) is 6.04. The van der Waals surface area contributed by atoms with E-state index in [4.69, 9.17) is 4.52 Å². The molecule has 0 saturated heterocycles. The molecule has 1 N–H and O–H groups in total. The van der Waals surface area contributed by atoms with Gasteiger partial charge in [0.05, 0.1) is 6.42 Å². The number of hydrogen-bond donors (Lipinski definition) is 1. The number of halogens is 1. The van der Waals surface area contributed by atoms with Gasteiger partial charge in [0.15, 0.2) is 0 Å². The first-order valence-corrected chi connectivity index (χ1v) is 7.91. The molecule has 1 unspecified atom stereocenters. The van der Waals surface area contributed by atoms with Gasteiger partial charge in [0.25, 0.3) is 0 Å². The maximum Gasteiger partial charge on any atom is 0.249 e. The van der Waals surface area contributed by atoms with Crippen LogP contribution in [0.25, 0.3) is 11.4 Å². The van der Waals surface area contributed by atoms with Gasteiger partial charge in [-0.2, -0.15) is 4.98 Å². The molecule has 0 saturated carbocycles. The summed E-state index contributed by atoms with van der Waals surface area (Å²) in [6.45, 7) is 1.77. The van der Waals surface area contributed by atoms with E-state index in [0.717, 1.165) is 4.88 Å². The van der Waals surface area contributed by atoms with Gasteiger partial charge in [0.2, 0.25) is 17.6 Å². The van der Waals surface area contributed by atoms with Crippen LogP contribution in [0.15, 0.2) is 46.3 Å². The Balaban J connectivity index is 1.65. The third-order valence-corrected chi connectivity index (χ3v) is 4.08. The van der Waals surface area contributed by atoms with Crippen molar-refractivity contribution in [1.29, 1.82) is 0 Å². The van der Waals surface area contributed by atoms with E-state index in [9.17, 15) is 9.18 Å². The van der Waals surface area contributed by atoms with Crippen molar-refractivity contribution >= 4 is 17.2 Å². The topological polar surface area (TPSA) is 68.0 Å². The molecular weight excluding hydrogens is 317 g/mol. The highest BCUT2D eigenvalue weighted by Crippen LogP contribution is 2.19. The minimum Gasteiger partial charge on any atom is -0.344 e. The zero-order valence-electron chi connectivity index (χ0n) is 12.3. The number of aromatic nitrogens is 2. The normalized spacial score (nSPS) is 12.1. The number of thiophene rings is 1. The number of amides is 1. The molecule has 5 nitrogen and oxygen atoms in total. The molecule has 0 bridgehead atoms. The minimum absolute atomic E-state index is 0.110. The molecule has 3 aromatic rings. The number of benzene rings is 1. The molecule has 3 rings (SSSR count). The summed E-state index contributed by atoms with van der Waals surface area (Å²) in [5.41, 5.74) is 0.651. The predicted molar refractivity (Wildman–Crippen MR) is 84.3 cm³/mol. The smallest absolute Gasteiger partial charge is 0.249 e. The lowest BCUT2D eigenvalue weighted by Crippen LogP contribution is -2.28. The number of rotatable bonds is 5. The summed E-state index contributed by atoms with van der Waals surface area (Å²) < 4.78 is 18.1. The molecule has 0 fully saturated rings. The fourth-order valence-corrected chi connectivity index (χ4v) is 2.76. The molecule has 118 valence electrons. The molecule has 0 aliphatic rings. The highest BCUT2D eigenvalue weighted by atomic mass is 32.1. The molecule has 7 heteroatoms. The van der Waals surface area contributed by atoms with Crippen molar-refractivity contribution < 1.29 is 13.7 Å². The van der Waals surface area contributed by atoms with Gasteiger partial charge >= 0.3 is 0 Å². The Morgan fingerprint density at radius 2 is 2.13 bits per heavy atom. The van der Waals surface area contributed by atoms with Crippen LogP contribution in [0.3, 0.4) is 0 Å². The van der Waals surface area contributed by atoms with Gasteiger partial charge in [-0.3, -0.25) is 4.79 Å². The summed E-state index contributed by atoms with van der Waals surface area (Å²) in [4.78, 5) is 17.2. The quantitative estimate of drug-likeness (QED) is 0.778. The van der Waals surface area contributed by atoms with Crippen LogP contribution < -0.4 is 5.32 Å². The van der Waals surface area contributed by atoms with Gasteiger partial charge in [-0.05, 0) is 42.6 Å². The SMILES string of the molecule is CC(NC(=O)Cc1cccs1)c1nc(-c2ccc(F)cc2)no1. The molecule has 2 aromatic heterocycles. The monoisotopic (exact) mass is 331 g/mol. The van der Waals surface area contributed by atoms with Crippen molar-refractivity contribution in [3.05, 3.63) is 58.4 Å². The van der Waals surface area contributed by atoms with E-state index in [1.54, 1.807) is 19.1 Å². The van der Waals surface area contributed by atoms with E-state index in [-0.39, 0.29) is 11.7 Å². The highest BCUT2D eigenvalue weighted by Gasteiger charge is 2.17. The molecule has 0 spiro atoms. The molecule has 0 aliphatic heterocycles. The molecule has 0 aliphatic carbocycles. The second-order valence-electron chi connectivity index (χ2n) is 5.01. The fourth-order valence-electron chi connectivity index (χ4n) is 2.05. The van der Waals surface area contributed by atoms with Gasteiger partial charge < -0.3 is 9.84 Å². The van der Waals surface area contributed by atoms with Gasteiger partial charge in [0, 0.05) is 10.4 Å². The van der Waals surface area contributed by atoms with Crippen LogP contribution in [0.4, 0.5) is 4.39 Å².